The Morgan fingerprint density at radius 1 is 0.864 bits per heavy atom. The molecule has 0 fully saturated rings. The number of hydrogen-bond donors (Lipinski definition) is 2. The van der Waals surface area contributed by atoms with Crippen LogP contribution in [0.25, 0.3) is 0 Å². The fourth-order valence-electron chi connectivity index (χ4n) is 1.90. The molecule has 0 bridgehead atoms. The molecule has 0 radical (unpaired) electrons. The van der Waals surface area contributed by atoms with E-state index in [0.717, 1.165) is 0 Å². The van der Waals surface area contributed by atoms with Crippen LogP contribution in [0.4, 0.5) is 35.1 Å². The van der Waals surface area contributed by atoms with E-state index in [-0.39, 0.29) is 6.07 Å². The number of rotatable bonds is 1. The highest BCUT2D eigenvalue weighted by molar-refractivity contribution is 5.45. The zero-order chi connectivity index (χ0) is 17.0. The van der Waals surface area contributed by atoms with Gasteiger partial charge in [-0.1, -0.05) is 0 Å². The van der Waals surface area contributed by atoms with Crippen LogP contribution in [0.2, 0.25) is 0 Å². The van der Waals surface area contributed by atoms with Crippen LogP contribution < -0.4 is 0 Å². The first kappa shape index (κ1) is 16.3. The average Bonchev–Trinajstić information content (AvgIpc) is 2.50. The van der Waals surface area contributed by atoms with Crippen molar-refractivity contribution in [3.8, 4) is 0 Å². The van der Waals surface area contributed by atoms with Gasteiger partial charge >= 0.3 is 0 Å². The molecule has 0 spiro atoms. The van der Waals surface area contributed by atoms with Gasteiger partial charge in [0.2, 0.25) is 5.83 Å². The molecule has 10 heteroatoms. The molecule has 0 aromatic heterocycles. The van der Waals surface area contributed by atoms with E-state index in [1.807, 2.05) is 0 Å². The smallest absolute Gasteiger partial charge is 0.202 e. The Balaban J connectivity index is 2.82. The Morgan fingerprint density at radius 2 is 1.41 bits per heavy atom. The third-order valence-electron chi connectivity index (χ3n) is 3.07. The summed E-state index contributed by atoms with van der Waals surface area (Å²) in [6.45, 7) is 0. The lowest BCUT2D eigenvalue weighted by Crippen LogP contribution is -2.43. The summed E-state index contributed by atoms with van der Waals surface area (Å²) in [7, 11) is 0. The van der Waals surface area contributed by atoms with Crippen molar-refractivity contribution in [1.82, 2.24) is 0 Å². The van der Waals surface area contributed by atoms with E-state index in [1.54, 1.807) is 0 Å². The van der Waals surface area contributed by atoms with E-state index < -0.39 is 63.8 Å². The Hall–Kier alpha value is -2.10. The lowest BCUT2D eigenvalue weighted by atomic mass is 9.82. The van der Waals surface area contributed by atoms with Crippen molar-refractivity contribution in [1.29, 1.82) is 0 Å². The fourth-order valence-corrected chi connectivity index (χ4v) is 1.90. The molecule has 1 aromatic carbocycles. The maximum Gasteiger partial charge on any atom is 0.202 e. The molecule has 2 N–H and O–H groups in total. The SMILES string of the molecule is OC1=C(F)C(F)=C(F)C(O)(c2cc(F)c(F)c(F)c2F)C1F. The maximum absolute atomic E-state index is 13.8. The van der Waals surface area contributed by atoms with Crippen molar-refractivity contribution < 1.29 is 45.3 Å². The maximum atomic E-state index is 13.8. The van der Waals surface area contributed by atoms with Crippen LogP contribution in [0, 0.1) is 23.3 Å². The van der Waals surface area contributed by atoms with Crippen LogP contribution in [-0.2, 0) is 5.60 Å². The molecule has 0 aliphatic heterocycles. The number of aliphatic hydroxyl groups excluding tert-OH is 1. The molecule has 120 valence electrons. The van der Waals surface area contributed by atoms with Gasteiger partial charge in [-0.15, -0.1) is 0 Å². The van der Waals surface area contributed by atoms with Crippen LogP contribution in [-0.4, -0.2) is 16.4 Å². The minimum absolute atomic E-state index is 0.344. The van der Waals surface area contributed by atoms with Crippen molar-refractivity contribution in [3.63, 3.8) is 0 Å². The Kier molecular flexibility index (Phi) is 3.68. The lowest BCUT2D eigenvalue weighted by molar-refractivity contribution is -0.0379. The van der Waals surface area contributed by atoms with Gasteiger partial charge in [-0.3, -0.25) is 0 Å². The van der Waals surface area contributed by atoms with Crippen LogP contribution in [0.5, 0.6) is 0 Å². The van der Waals surface area contributed by atoms with Gasteiger partial charge < -0.3 is 10.2 Å². The zero-order valence-electron chi connectivity index (χ0n) is 10.1. The number of aliphatic hydroxyl groups is 2. The topological polar surface area (TPSA) is 40.5 Å². The summed E-state index contributed by atoms with van der Waals surface area (Å²) < 4.78 is 106. The highest BCUT2D eigenvalue weighted by Gasteiger charge is 2.55. The molecule has 22 heavy (non-hydrogen) atoms. The van der Waals surface area contributed by atoms with E-state index >= 15 is 0 Å². The van der Waals surface area contributed by atoms with Gasteiger partial charge in [0.15, 0.2) is 52.5 Å². The predicted octanol–water partition coefficient (Wildman–Crippen LogP) is 3.67. The van der Waals surface area contributed by atoms with E-state index in [4.69, 9.17) is 5.11 Å². The molecule has 0 heterocycles. The molecule has 0 saturated carbocycles. The standard InChI is InChI=1S/C12H4F8O2/c13-3-1-2(4(14)6(16)5(3)15)12(22)10(19)8(18)7(17)9(21)11(12)20/h1,11,21-22H. The third-order valence-corrected chi connectivity index (χ3v) is 3.07. The number of halogens is 8. The number of hydrogen-bond acceptors (Lipinski definition) is 2. The van der Waals surface area contributed by atoms with Crippen LogP contribution >= 0.6 is 0 Å². The summed E-state index contributed by atoms with van der Waals surface area (Å²) in [4.78, 5) is 0. The van der Waals surface area contributed by atoms with E-state index in [2.05, 4.69) is 0 Å². The molecule has 2 nitrogen and oxygen atoms in total. The van der Waals surface area contributed by atoms with Crippen molar-refractivity contribution in [3.05, 3.63) is 58.1 Å². The third kappa shape index (κ3) is 1.90. The Morgan fingerprint density at radius 3 is 1.95 bits per heavy atom. The summed E-state index contributed by atoms with van der Waals surface area (Å²) in [6.07, 6.45) is -3.54. The molecule has 2 unspecified atom stereocenters. The minimum atomic E-state index is -4.12. The molecule has 1 aromatic rings. The van der Waals surface area contributed by atoms with Gasteiger partial charge in [0.1, 0.15) is 0 Å². The minimum Gasteiger partial charge on any atom is -0.506 e. The molecular weight excluding hydrogens is 328 g/mol. The van der Waals surface area contributed by atoms with Gasteiger partial charge in [0.25, 0.3) is 0 Å². The monoisotopic (exact) mass is 332 g/mol. The van der Waals surface area contributed by atoms with Gasteiger partial charge in [0, 0.05) is 5.56 Å². The van der Waals surface area contributed by atoms with E-state index in [1.165, 1.54) is 0 Å². The van der Waals surface area contributed by atoms with Crippen LogP contribution in [0.15, 0.2) is 29.3 Å². The first-order chi connectivity index (χ1) is 10.0. The predicted molar refractivity (Wildman–Crippen MR) is 55.1 cm³/mol. The van der Waals surface area contributed by atoms with Gasteiger partial charge in [-0.2, -0.15) is 4.39 Å². The fraction of sp³-hybridized carbons (Fsp3) is 0.167. The number of alkyl halides is 1. The zero-order valence-corrected chi connectivity index (χ0v) is 10.1. The molecule has 2 rings (SSSR count). The van der Waals surface area contributed by atoms with Crippen molar-refractivity contribution in [2.24, 2.45) is 0 Å². The summed E-state index contributed by atoms with van der Waals surface area (Å²) in [5.74, 6) is -19.4. The second kappa shape index (κ2) is 4.97. The quantitative estimate of drug-likeness (QED) is 0.468. The summed E-state index contributed by atoms with van der Waals surface area (Å²) in [5, 5.41) is 18.7. The molecular formula is C12H4F8O2. The van der Waals surface area contributed by atoms with E-state index in [9.17, 15) is 40.2 Å². The second-order valence-electron chi connectivity index (χ2n) is 4.30. The molecule has 1 aliphatic rings. The lowest BCUT2D eigenvalue weighted by Gasteiger charge is -2.33. The first-order valence-electron chi connectivity index (χ1n) is 5.39. The average molecular weight is 332 g/mol. The van der Waals surface area contributed by atoms with Crippen LogP contribution in [0.1, 0.15) is 5.56 Å². The molecule has 0 amide bonds. The highest BCUT2D eigenvalue weighted by Crippen LogP contribution is 2.47. The van der Waals surface area contributed by atoms with Crippen molar-refractivity contribution >= 4 is 0 Å². The van der Waals surface area contributed by atoms with Crippen molar-refractivity contribution in [2.75, 3.05) is 0 Å². The Bertz CT molecular complexity index is 726. The van der Waals surface area contributed by atoms with Gasteiger partial charge in [0.05, 0.1) is 0 Å². The van der Waals surface area contributed by atoms with Gasteiger partial charge in [-0.05, 0) is 6.07 Å². The highest BCUT2D eigenvalue weighted by atomic mass is 19.2. The summed E-state index contributed by atoms with van der Waals surface area (Å²) in [6, 6.07) is -0.344. The number of benzene rings is 1. The van der Waals surface area contributed by atoms with Crippen LogP contribution in [0.3, 0.4) is 0 Å². The van der Waals surface area contributed by atoms with Crippen molar-refractivity contribution in [2.45, 2.75) is 11.8 Å². The first-order valence-corrected chi connectivity index (χ1v) is 5.39. The Labute approximate surface area is 116 Å². The molecule has 0 saturated heterocycles. The normalized spacial score (nSPS) is 26.0. The summed E-state index contributed by atoms with van der Waals surface area (Å²) in [5.41, 5.74) is -6.02. The molecule has 1 aliphatic carbocycles. The molecule has 2 atom stereocenters. The number of allylic oxidation sites excluding steroid dienone is 2. The van der Waals surface area contributed by atoms with E-state index in [0.29, 0.717) is 0 Å². The van der Waals surface area contributed by atoms with Gasteiger partial charge in [-0.25, -0.2) is 30.7 Å². The summed E-state index contributed by atoms with van der Waals surface area (Å²) >= 11 is 0. The largest absolute Gasteiger partial charge is 0.506 e. The second-order valence-corrected chi connectivity index (χ2v) is 4.30.